The highest BCUT2D eigenvalue weighted by atomic mass is 16.3. The lowest BCUT2D eigenvalue weighted by molar-refractivity contribution is 0.446. The van der Waals surface area contributed by atoms with Crippen LogP contribution in [-0.2, 0) is 16.6 Å². The van der Waals surface area contributed by atoms with Crippen LogP contribution in [0.3, 0.4) is 0 Å². The smallest absolute Gasteiger partial charge is 0.217 e. The number of hydrogen-bond acceptors (Lipinski definition) is 3. The summed E-state index contributed by atoms with van der Waals surface area (Å²) in [6, 6.07) is 4.72. The zero-order valence-electron chi connectivity index (χ0n) is 9.95. The molecular weight excluding hydrogens is 202 g/mol. The summed E-state index contributed by atoms with van der Waals surface area (Å²) < 4.78 is 0. The second-order valence-electron chi connectivity index (χ2n) is 5.03. The van der Waals surface area contributed by atoms with E-state index in [1.165, 1.54) is 0 Å². The summed E-state index contributed by atoms with van der Waals surface area (Å²) in [6.07, 6.45) is 2.20. The number of benzene rings is 1. The zero-order valence-corrected chi connectivity index (χ0v) is 9.95. The molecule has 0 aliphatic rings. The number of rotatable bonds is 3. The third kappa shape index (κ3) is 3.07. The highest BCUT2D eigenvalue weighted by molar-refractivity contribution is 5.59. The number of hydrogen-bond donors (Lipinski definition) is 2. The van der Waals surface area contributed by atoms with Gasteiger partial charge in [-0.15, -0.1) is 0 Å². The van der Waals surface area contributed by atoms with Crippen LogP contribution in [0.4, 0.5) is 0 Å². The molecule has 3 N–H and O–H groups in total. The fourth-order valence-electron chi connectivity index (χ4n) is 1.61. The van der Waals surface area contributed by atoms with Crippen LogP contribution in [0.25, 0.3) is 0 Å². The number of phenolic OH excluding ortho intramolecular Hbond substituents is 1. The van der Waals surface area contributed by atoms with Crippen LogP contribution in [0.1, 0.15) is 31.9 Å². The molecule has 0 bridgehead atoms. The molecule has 1 rings (SSSR count). The molecule has 1 unspecified atom stereocenters. The predicted octanol–water partition coefficient (Wildman–Crippen LogP) is 1.67. The summed E-state index contributed by atoms with van der Waals surface area (Å²) in [5.41, 5.74) is 7.19. The van der Waals surface area contributed by atoms with Crippen molar-refractivity contribution in [3.63, 3.8) is 0 Å². The molecule has 16 heavy (non-hydrogen) atoms. The Morgan fingerprint density at radius 2 is 2.06 bits per heavy atom. The lowest BCUT2D eigenvalue weighted by Crippen LogP contribution is -2.24. The first-order chi connectivity index (χ1) is 7.34. The van der Waals surface area contributed by atoms with Gasteiger partial charge in [0.2, 0.25) is 6.29 Å². The third-order valence-corrected chi connectivity index (χ3v) is 2.48. The molecule has 87 valence electrons. The van der Waals surface area contributed by atoms with E-state index in [4.69, 9.17) is 5.73 Å². The Bertz CT molecular complexity index is 380. The second kappa shape index (κ2) is 4.66. The van der Waals surface area contributed by atoms with E-state index < -0.39 is 6.04 Å². The quantitative estimate of drug-likeness (QED) is 0.814. The van der Waals surface area contributed by atoms with Crippen molar-refractivity contribution in [1.29, 1.82) is 0 Å². The van der Waals surface area contributed by atoms with E-state index in [0.29, 0.717) is 6.42 Å². The van der Waals surface area contributed by atoms with Crippen molar-refractivity contribution < 1.29 is 9.90 Å². The first-order valence-electron chi connectivity index (χ1n) is 5.30. The van der Waals surface area contributed by atoms with Crippen molar-refractivity contribution in [3.05, 3.63) is 29.3 Å². The van der Waals surface area contributed by atoms with Gasteiger partial charge in [0.25, 0.3) is 0 Å². The standard InChI is InChI=1S/C13H18NO2/c1-13(2,3)11-7-9(4-5-12(11)16)6-10(14)8-15/h4-5,7,10,16H,6,14H2,1-3H3. The molecule has 0 aliphatic heterocycles. The summed E-state index contributed by atoms with van der Waals surface area (Å²) in [5, 5.41) is 9.75. The van der Waals surface area contributed by atoms with E-state index in [1.54, 1.807) is 18.4 Å². The Kier molecular flexibility index (Phi) is 3.70. The van der Waals surface area contributed by atoms with E-state index >= 15 is 0 Å². The Hall–Kier alpha value is -1.35. The molecule has 0 aliphatic carbocycles. The summed E-state index contributed by atoms with van der Waals surface area (Å²) in [7, 11) is 0. The molecule has 0 aromatic heterocycles. The fraction of sp³-hybridized carbons (Fsp3) is 0.462. The molecule has 0 saturated heterocycles. The van der Waals surface area contributed by atoms with Crippen LogP contribution in [0.5, 0.6) is 5.75 Å². The van der Waals surface area contributed by atoms with Crippen LogP contribution in [0.2, 0.25) is 0 Å². The van der Waals surface area contributed by atoms with Gasteiger partial charge in [-0.25, -0.2) is 0 Å². The van der Waals surface area contributed by atoms with E-state index in [0.717, 1.165) is 11.1 Å². The molecule has 3 heteroatoms. The van der Waals surface area contributed by atoms with Gasteiger partial charge in [-0.2, -0.15) is 0 Å². The van der Waals surface area contributed by atoms with Crippen LogP contribution in [0, 0.1) is 0 Å². The molecule has 1 aromatic rings. The molecule has 0 heterocycles. The van der Waals surface area contributed by atoms with Crippen LogP contribution >= 0.6 is 0 Å². The van der Waals surface area contributed by atoms with Crippen molar-refractivity contribution in [3.8, 4) is 5.75 Å². The maximum absolute atomic E-state index is 10.4. The summed E-state index contributed by atoms with van der Waals surface area (Å²) in [5.74, 6) is 0.278. The maximum atomic E-state index is 10.4. The van der Waals surface area contributed by atoms with Gasteiger partial charge >= 0.3 is 0 Å². The number of aromatic hydroxyl groups is 1. The van der Waals surface area contributed by atoms with Crippen LogP contribution in [-0.4, -0.2) is 17.4 Å². The monoisotopic (exact) mass is 220 g/mol. The molecule has 1 radical (unpaired) electrons. The molecule has 0 spiro atoms. The highest BCUT2D eigenvalue weighted by Crippen LogP contribution is 2.31. The second-order valence-corrected chi connectivity index (χ2v) is 5.03. The van der Waals surface area contributed by atoms with Gasteiger partial charge in [-0.05, 0) is 29.0 Å². The van der Waals surface area contributed by atoms with Crippen LogP contribution in [0.15, 0.2) is 18.2 Å². The summed E-state index contributed by atoms with van der Waals surface area (Å²) >= 11 is 0. The normalized spacial score (nSPS) is 13.5. The Morgan fingerprint density at radius 1 is 1.44 bits per heavy atom. The molecule has 0 saturated carbocycles. The third-order valence-electron chi connectivity index (χ3n) is 2.48. The van der Waals surface area contributed by atoms with Gasteiger partial charge in [-0.1, -0.05) is 32.9 Å². The van der Waals surface area contributed by atoms with Gasteiger partial charge in [0.15, 0.2) is 0 Å². The maximum Gasteiger partial charge on any atom is 0.217 e. The minimum absolute atomic E-state index is 0.130. The molecule has 3 nitrogen and oxygen atoms in total. The summed E-state index contributed by atoms with van der Waals surface area (Å²) in [4.78, 5) is 10.4. The zero-order chi connectivity index (χ0) is 12.3. The first-order valence-corrected chi connectivity index (χ1v) is 5.30. The summed E-state index contributed by atoms with van der Waals surface area (Å²) in [6.45, 7) is 6.08. The van der Waals surface area contributed by atoms with Gasteiger partial charge in [0.1, 0.15) is 5.75 Å². The highest BCUT2D eigenvalue weighted by Gasteiger charge is 2.18. The van der Waals surface area contributed by atoms with Crippen molar-refractivity contribution in [2.75, 3.05) is 0 Å². The number of carbonyl (C=O) groups excluding carboxylic acids is 1. The Morgan fingerprint density at radius 3 is 2.56 bits per heavy atom. The van der Waals surface area contributed by atoms with Crippen molar-refractivity contribution in [2.24, 2.45) is 5.73 Å². The first kappa shape index (κ1) is 12.7. The van der Waals surface area contributed by atoms with E-state index in [-0.39, 0.29) is 11.2 Å². The lowest BCUT2D eigenvalue weighted by Gasteiger charge is -2.21. The van der Waals surface area contributed by atoms with E-state index in [2.05, 4.69) is 0 Å². The lowest BCUT2D eigenvalue weighted by atomic mass is 9.85. The molecule has 0 amide bonds. The SMILES string of the molecule is CC(C)(C)c1cc(CC(N)[C]=O)ccc1O. The van der Waals surface area contributed by atoms with Crippen molar-refractivity contribution in [2.45, 2.75) is 38.6 Å². The van der Waals surface area contributed by atoms with Crippen LogP contribution < -0.4 is 5.73 Å². The van der Waals surface area contributed by atoms with E-state index in [1.807, 2.05) is 26.8 Å². The minimum Gasteiger partial charge on any atom is -0.508 e. The van der Waals surface area contributed by atoms with Gasteiger partial charge < -0.3 is 10.8 Å². The van der Waals surface area contributed by atoms with E-state index in [9.17, 15) is 9.90 Å². The molecular formula is C13H18NO2. The van der Waals surface area contributed by atoms with Gasteiger partial charge in [0.05, 0.1) is 6.04 Å². The topological polar surface area (TPSA) is 63.3 Å². The average molecular weight is 220 g/mol. The van der Waals surface area contributed by atoms with Crippen molar-refractivity contribution >= 4 is 6.29 Å². The number of phenols is 1. The number of nitrogens with two attached hydrogens (primary N) is 1. The Labute approximate surface area is 96.3 Å². The predicted molar refractivity (Wildman–Crippen MR) is 64.2 cm³/mol. The van der Waals surface area contributed by atoms with Gasteiger partial charge in [-0.3, -0.25) is 4.79 Å². The fourth-order valence-corrected chi connectivity index (χ4v) is 1.61. The van der Waals surface area contributed by atoms with Crippen molar-refractivity contribution in [1.82, 2.24) is 0 Å². The van der Waals surface area contributed by atoms with Gasteiger partial charge in [0, 0.05) is 0 Å². The average Bonchev–Trinajstić information content (AvgIpc) is 2.19. The molecule has 1 atom stereocenters. The largest absolute Gasteiger partial charge is 0.508 e. The minimum atomic E-state index is -0.600. The Balaban J connectivity index is 3.03. The molecule has 1 aromatic carbocycles. The molecule has 0 fully saturated rings.